The molecule has 1 saturated heterocycles. The van der Waals surface area contributed by atoms with Crippen molar-refractivity contribution in [1.82, 2.24) is 4.98 Å². The summed E-state index contributed by atoms with van der Waals surface area (Å²) in [5.41, 5.74) is 1.18. The summed E-state index contributed by atoms with van der Waals surface area (Å²) >= 11 is 9.53. The lowest BCUT2D eigenvalue weighted by atomic mass is 10.0. The highest BCUT2D eigenvalue weighted by molar-refractivity contribution is 9.10. The zero-order chi connectivity index (χ0) is 11.5. The van der Waals surface area contributed by atoms with Gasteiger partial charge in [0.1, 0.15) is 5.82 Å². The van der Waals surface area contributed by atoms with E-state index < -0.39 is 0 Å². The number of pyridine rings is 1. The summed E-state index contributed by atoms with van der Waals surface area (Å²) in [7, 11) is 0. The zero-order valence-electron chi connectivity index (χ0n) is 9.42. The molecule has 16 heavy (non-hydrogen) atoms. The molecule has 0 aliphatic carbocycles. The Morgan fingerprint density at radius 3 is 3.12 bits per heavy atom. The highest BCUT2D eigenvalue weighted by atomic mass is 79.9. The Morgan fingerprint density at radius 2 is 2.44 bits per heavy atom. The van der Waals surface area contributed by atoms with Crippen molar-refractivity contribution in [2.75, 3.05) is 23.9 Å². The minimum absolute atomic E-state index is 0.602. The van der Waals surface area contributed by atoms with Crippen LogP contribution in [0, 0.1) is 12.8 Å². The van der Waals surface area contributed by atoms with Crippen molar-refractivity contribution < 1.29 is 0 Å². The van der Waals surface area contributed by atoms with Crippen molar-refractivity contribution in [2.45, 2.75) is 19.8 Å². The number of hydrogen-bond acceptors (Lipinski definition) is 2. The van der Waals surface area contributed by atoms with E-state index in [0.717, 1.165) is 29.3 Å². The quantitative estimate of drug-likeness (QED) is 0.776. The van der Waals surface area contributed by atoms with Gasteiger partial charge in [-0.2, -0.15) is 0 Å². The number of aryl methyl sites for hydroxylation is 1. The van der Waals surface area contributed by atoms with Crippen LogP contribution in [-0.4, -0.2) is 24.0 Å². The van der Waals surface area contributed by atoms with Crippen molar-refractivity contribution >= 4 is 33.3 Å². The van der Waals surface area contributed by atoms with Crippen LogP contribution in [0.1, 0.15) is 18.4 Å². The molecule has 2 nitrogen and oxygen atoms in total. The number of aromatic nitrogens is 1. The molecule has 0 bridgehead atoms. The van der Waals surface area contributed by atoms with Crippen LogP contribution in [0.4, 0.5) is 5.82 Å². The van der Waals surface area contributed by atoms with Gasteiger partial charge in [0.25, 0.3) is 0 Å². The maximum absolute atomic E-state index is 5.94. The lowest BCUT2D eigenvalue weighted by Crippen LogP contribution is -2.36. The first-order chi connectivity index (χ1) is 7.70. The van der Waals surface area contributed by atoms with Crippen molar-refractivity contribution in [3.8, 4) is 0 Å². The standard InChI is InChI=1S/C12H16BrClN2/c1-9-5-11(13)12(15-7-9)16-4-2-3-10(6-14)8-16/h5,7,10H,2-4,6,8H2,1H3. The fourth-order valence-corrected chi connectivity index (χ4v) is 3.11. The number of nitrogens with zero attached hydrogens (tertiary/aromatic N) is 2. The van der Waals surface area contributed by atoms with Crippen molar-refractivity contribution in [2.24, 2.45) is 5.92 Å². The monoisotopic (exact) mass is 302 g/mol. The first kappa shape index (κ1) is 12.2. The number of anilines is 1. The lowest BCUT2D eigenvalue weighted by molar-refractivity contribution is 0.448. The van der Waals surface area contributed by atoms with E-state index in [1.807, 2.05) is 6.20 Å². The molecule has 1 aliphatic rings. The molecule has 0 N–H and O–H groups in total. The van der Waals surface area contributed by atoms with Gasteiger partial charge in [0.15, 0.2) is 0 Å². The van der Waals surface area contributed by atoms with E-state index in [-0.39, 0.29) is 0 Å². The molecular weight excluding hydrogens is 288 g/mol. The Morgan fingerprint density at radius 1 is 1.62 bits per heavy atom. The van der Waals surface area contributed by atoms with Crippen LogP contribution in [0.3, 0.4) is 0 Å². The first-order valence-corrected chi connectivity index (χ1v) is 6.96. The minimum atomic E-state index is 0.602. The normalized spacial score (nSPS) is 21.2. The van der Waals surface area contributed by atoms with Crippen molar-refractivity contribution in [3.05, 3.63) is 22.3 Å². The molecule has 1 unspecified atom stereocenters. The molecule has 4 heteroatoms. The number of rotatable bonds is 2. The molecular formula is C12H16BrClN2. The first-order valence-electron chi connectivity index (χ1n) is 5.63. The summed E-state index contributed by atoms with van der Waals surface area (Å²) < 4.78 is 1.09. The number of halogens is 2. The van der Waals surface area contributed by atoms with Crippen LogP contribution in [0.25, 0.3) is 0 Å². The molecule has 1 aromatic rings. The Balaban J connectivity index is 2.16. The van der Waals surface area contributed by atoms with E-state index in [4.69, 9.17) is 11.6 Å². The predicted molar refractivity (Wildman–Crippen MR) is 72.3 cm³/mol. The van der Waals surface area contributed by atoms with Crippen LogP contribution in [0.2, 0.25) is 0 Å². The maximum atomic E-state index is 5.94. The van der Waals surface area contributed by atoms with Crippen molar-refractivity contribution in [3.63, 3.8) is 0 Å². The molecule has 0 spiro atoms. The molecule has 2 heterocycles. The molecule has 1 fully saturated rings. The second-order valence-corrected chi connectivity index (χ2v) is 5.59. The molecule has 88 valence electrons. The Kier molecular flexibility index (Phi) is 4.09. The van der Waals surface area contributed by atoms with E-state index in [9.17, 15) is 0 Å². The average molecular weight is 304 g/mol. The average Bonchev–Trinajstić information content (AvgIpc) is 2.29. The fraction of sp³-hybridized carbons (Fsp3) is 0.583. The summed E-state index contributed by atoms with van der Waals surface area (Å²) in [4.78, 5) is 6.84. The minimum Gasteiger partial charge on any atom is -0.355 e. The van der Waals surface area contributed by atoms with Gasteiger partial charge in [0, 0.05) is 25.2 Å². The van der Waals surface area contributed by atoms with Gasteiger partial charge in [-0.1, -0.05) is 0 Å². The van der Waals surface area contributed by atoms with Crippen LogP contribution in [-0.2, 0) is 0 Å². The summed E-state index contributed by atoms with van der Waals surface area (Å²) in [6.45, 7) is 4.17. The predicted octanol–water partition coefficient (Wildman–Crippen LogP) is 3.61. The van der Waals surface area contributed by atoms with Crippen LogP contribution >= 0.6 is 27.5 Å². The second-order valence-electron chi connectivity index (χ2n) is 4.43. The lowest BCUT2D eigenvalue weighted by Gasteiger charge is -2.33. The topological polar surface area (TPSA) is 16.1 Å². The molecule has 0 aromatic carbocycles. The van der Waals surface area contributed by atoms with Crippen LogP contribution < -0.4 is 4.90 Å². The number of hydrogen-bond donors (Lipinski definition) is 0. The van der Waals surface area contributed by atoms with E-state index in [0.29, 0.717) is 5.92 Å². The fourth-order valence-electron chi connectivity index (χ4n) is 2.14. The van der Waals surface area contributed by atoms with E-state index in [2.05, 4.69) is 38.8 Å². The Bertz CT molecular complexity index is 370. The third-order valence-electron chi connectivity index (χ3n) is 3.00. The maximum Gasteiger partial charge on any atom is 0.142 e. The van der Waals surface area contributed by atoms with Gasteiger partial charge >= 0.3 is 0 Å². The van der Waals surface area contributed by atoms with Crippen molar-refractivity contribution in [1.29, 1.82) is 0 Å². The van der Waals surface area contributed by atoms with Crippen LogP contribution in [0.5, 0.6) is 0 Å². The third kappa shape index (κ3) is 2.69. The van der Waals surface area contributed by atoms with Gasteiger partial charge in [-0.05, 0) is 53.2 Å². The summed E-state index contributed by atoms with van der Waals surface area (Å²) in [5, 5.41) is 0. The van der Waals surface area contributed by atoms with E-state index in [1.54, 1.807) is 0 Å². The van der Waals surface area contributed by atoms with Crippen LogP contribution in [0.15, 0.2) is 16.7 Å². The van der Waals surface area contributed by atoms with Gasteiger partial charge < -0.3 is 4.90 Å². The molecule has 2 rings (SSSR count). The van der Waals surface area contributed by atoms with Gasteiger partial charge in [-0.25, -0.2) is 4.98 Å². The summed E-state index contributed by atoms with van der Waals surface area (Å²) in [6.07, 6.45) is 4.37. The van der Waals surface area contributed by atoms with E-state index in [1.165, 1.54) is 18.4 Å². The molecule has 1 aromatic heterocycles. The molecule has 0 radical (unpaired) electrons. The summed E-state index contributed by atoms with van der Waals surface area (Å²) in [6, 6.07) is 2.12. The molecule has 1 aliphatic heterocycles. The molecule has 1 atom stereocenters. The van der Waals surface area contributed by atoms with E-state index >= 15 is 0 Å². The molecule has 0 saturated carbocycles. The Hall–Kier alpha value is -0.280. The SMILES string of the molecule is Cc1cnc(N2CCCC(CCl)C2)c(Br)c1. The van der Waals surface area contributed by atoms with Gasteiger partial charge in [0.05, 0.1) is 4.47 Å². The second kappa shape index (κ2) is 5.37. The zero-order valence-corrected chi connectivity index (χ0v) is 11.8. The van der Waals surface area contributed by atoms with Gasteiger partial charge in [-0.15, -0.1) is 11.6 Å². The smallest absolute Gasteiger partial charge is 0.142 e. The number of piperidine rings is 1. The largest absolute Gasteiger partial charge is 0.355 e. The molecule has 0 amide bonds. The highest BCUT2D eigenvalue weighted by Gasteiger charge is 2.21. The highest BCUT2D eigenvalue weighted by Crippen LogP contribution is 2.28. The summed E-state index contributed by atoms with van der Waals surface area (Å²) in [5.74, 6) is 2.41. The number of alkyl halides is 1. The van der Waals surface area contributed by atoms with Gasteiger partial charge in [-0.3, -0.25) is 0 Å². The third-order valence-corrected chi connectivity index (χ3v) is 4.02. The Labute approximate surface area is 110 Å². The van der Waals surface area contributed by atoms with Gasteiger partial charge in [0.2, 0.25) is 0 Å².